The molecule has 1 aromatic carbocycles. The number of aromatic hydroxyl groups is 1. The lowest BCUT2D eigenvalue weighted by Gasteiger charge is -2.22. The fraction of sp³-hybridized carbons (Fsp3) is 0.333. The predicted molar refractivity (Wildman–Crippen MR) is 57.4 cm³/mol. The van der Waals surface area contributed by atoms with Gasteiger partial charge in [0.1, 0.15) is 5.75 Å². The van der Waals surface area contributed by atoms with Gasteiger partial charge >= 0.3 is 0 Å². The average Bonchev–Trinajstić information content (AvgIpc) is 2.15. The topological polar surface area (TPSA) is 83.6 Å². The van der Waals surface area contributed by atoms with E-state index in [0.29, 0.717) is 5.56 Å². The molecule has 6 heteroatoms. The summed E-state index contributed by atoms with van der Waals surface area (Å²) in [4.78, 5) is 0. The first-order valence-corrected chi connectivity index (χ1v) is 5.88. The summed E-state index contributed by atoms with van der Waals surface area (Å²) >= 11 is 0. The van der Waals surface area contributed by atoms with Gasteiger partial charge < -0.3 is 5.11 Å². The number of hydrogen-bond acceptors (Lipinski definition) is 3. The van der Waals surface area contributed by atoms with Gasteiger partial charge in [-0.25, -0.2) is 5.14 Å². The summed E-state index contributed by atoms with van der Waals surface area (Å²) in [7, 11) is -2.38. The normalized spacial score (nSPS) is 14.1. The van der Waals surface area contributed by atoms with Crippen molar-refractivity contribution in [3.8, 4) is 5.75 Å². The number of nitrogens with two attached hydrogens (primary N) is 1. The van der Waals surface area contributed by atoms with Crippen molar-refractivity contribution in [2.45, 2.75) is 13.0 Å². The van der Waals surface area contributed by atoms with Crippen LogP contribution in [0.15, 0.2) is 24.3 Å². The van der Waals surface area contributed by atoms with E-state index in [1.807, 2.05) is 0 Å². The fourth-order valence-electron chi connectivity index (χ4n) is 1.26. The first kappa shape index (κ1) is 12.0. The third-order valence-corrected chi connectivity index (χ3v) is 3.45. The number of phenols is 1. The van der Waals surface area contributed by atoms with E-state index in [0.717, 1.165) is 4.31 Å². The molecule has 1 unspecified atom stereocenters. The van der Waals surface area contributed by atoms with Crippen LogP contribution in [0.2, 0.25) is 0 Å². The van der Waals surface area contributed by atoms with E-state index < -0.39 is 16.3 Å². The van der Waals surface area contributed by atoms with Crippen molar-refractivity contribution in [1.82, 2.24) is 4.31 Å². The molecule has 1 aromatic rings. The van der Waals surface area contributed by atoms with Crippen LogP contribution in [0.5, 0.6) is 5.75 Å². The molecule has 0 aliphatic carbocycles. The molecule has 0 heterocycles. The van der Waals surface area contributed by atoms with E-state index in [1.54, 1.807) is 25.1 Å². The lowest BCUT2D eigenvalue weighted by molar-refractivity contribution is 0.381. The molecule has 0 bridgehead atoms. The van der Waals surface area contributed by atoms with E-state index in [-0.39, 0.29) is 5.75 Å². The SMILES string of the molecule is CC(c1ccccc1O)N(C)S(N)(=O)=O. The summed E-state index contributed by atoms with van der Waals surface area (Å²) in [5.41, 5.74) is 0.522. The van der Waals surface area contributed by atoms with Gasteiger partial charge in [-0.2, -0.15) is 12.7 Å². The maximum atomic E-state index is 11.1. The zero-order valence-corrected chi connectivity index (χ0v) is 9.40. The largest absolute Gasteiger partial charge is 0.508 e. The first-order valence-electron chi connectivity index (χ1n) is 4.37. The molecule has 0 amide bonds. The lowest BCUT2D eigenvalue weighted by Crippen LogP contribution is -2.35. The van der Waals surface area contributed by atoms with Gasteiger partial charge in [-0.3, -0.25) is 0 Å². The molecule has 0 aromatic heterocycles. The van der Waals surface area contributed by atoms with Gasteiger partial charge in [0.25, 0.3) is 10.2 Å². The Balaban J connectivity index is 3.06. The molecule has 5 nitrogen and oxygen atoms in total. The average molecular weight is 230 g/mol. The Kier molecular flexibility index (Phi) is 3.33. The van der Waals surface area contributed by atoms with Gasteiger partial charge in [0.15, 0.2) is 0 Å². The summed E-state index contributed by atoms with van der Waals surface area (Å²) in [6.45, 7) is 1.65. The molecule has 0 saturated heterocycles. The number of hydrogen-bond donors (Lipinski definition) is 2. The Labute approximate surface area is 89.3 Å². The number of para-hydroxylation sites is 1. The Morgan fingerprint density at radius 2 is 1.93 bits per heavy atom. The maximum absolute atomic E-state index is 11.1. The van der Waals surface area contributed by atoms with Gasteiger partial charge in [0.05, 0.1) is 6.04 Å². The van der Waals surface area contributed by atoms with E-state index >= 15 is 0 Å². The molecular weight excluding hydrogens is 216 g/mol. The molecular formula is C9H14N2O3S. The molecule has 0 spiro atoms. The molecule has 0 fully saturated rings. The Bertz CT molecular complexity index is 444. The van der Waals surface area contributed by atoms with Crippen molar-refractivity contribution in [3.63, 3.8) is 0 Å². The molecule has 3 N–H and O–H groups in total. The number of benzene rings is 1. The zero-order valence-electron chi connectivity index (χ0n) is 8.58. The molecule has 0 aliphatic rings. The lowest BCUT2D eigenvalue weighted by atomic mass is 10.1. The second kappa shape index (κ2) is 4.18. The van der Waals surface area contributed by atoms with Crippen LogP contribution in [0, 0.1) is 0 Å². The molecule has 0 aliphatic heterocycles. The molecule has 1 atom stereocenters. The van der Waals surface area contributed by atoms with Crippen LogP contribution >= 0.6 is 0 Å². The van der Waals surface area contributed by atoms with Crippen LogP contribution in [0.25, 0.3) is 0 Å². The number of phenolic OH excluding ortho intramolecular Hbond substituents is 1. The Hall–Kier alpha value is -1.11. The van der Waals surface area contributed by atoms with E-state index in [1.165, 1.54) is 13.1 Å². The molecule has 1 rings (SSSR count). The first-order chi connectivity index (χ1) is 6.84. The van der Waals surface area contributed by atoms with Gasteiger partial charge in [-0.1, -0.05) is 18.2 Å². The quantitative estimate of drug-likeness (QED) is 0.797. The van der Waals surface area contributed by atoms with Crippen LogP contribution in [0.4, 0.5) is 0 Å². The van der Waals surface area contributed by atoms with Crippen molar-refractivity contribution in [2.75, 3.05) is 7.05 Å². The van der Waals surface area contributed by atoms with Gasteiger partial charge in [-0.05, 0) is 13.0 Å². The summed E-state index contributed by atoms with van der Waals surface area (Å²) in [6.07, 6.45) is 0. The standard InChI is InChI=1S/C9H14N2O3S/c1-7(11(2)15(10,13)14)8-5-3-4-6-9(8)12/h3-7,12H,1-2H3,(H2,10,13,14). The zero-order chi connectivity index (χ0) is 11.6. The number of nitrogens with zero attached hydrogens (tertiary/aromatic N) is 1. The summed E-state index contributed by atoms with van der Waals surface area (Å²) in [5, 5.41) is 14.5. The van der Waals surface area contributed by atoms with Crippen LogP contribution in [0.3, 0.4) is 0 Å². The Morgan fingerprint density at radius 1 is 1.40 bits per heavy atom. The summed E-state index contributed by atoms with van der Waals surface area (Å²) in [5.74, 6) is 0.0560. The van der Waals surface area contributed by atoms with Gasteiger partial charge in [0.2, 0.25) is 0 Å². The van der Waals surface area contributed by atoms with E-state index in [9.17, 15) is 13.5 Å². The van der Waals surface area contributed by atoms with Gasteiger partial charge in [-0.15, -0.1) is 0 Å². The van der Waals surface area contributed by atoms with Crippen molar-refractivity contribution >= 4 is 10.2 Å². The van der Waals surface area contributed by atoms with Crippen molar-refractivity contribution < 1.29 is 13.5 Å². The monoisotopic (exact) mass is 230 g/mol. The summed E-state index contributed by atoms with van der Waals surface area (Å²) < 4.78 is 23.2. The third kappa shape index (κ3) is 2.68. The van der Waals surface area contributed by atoms with Crippen LogP contribution in [0.1, 0.15) is 18.5 Å². The van der Waals surface area contributed by atoms with E-state index in [2.05, 4.69) is 0 Å². The molecule has 0 saturated carbocycles. The molecule has 84 valence electrons. The van der Waals surface area contributed by atoms with Crippen LogP contribution in [-0.2, 0) is 10.2 Å². The summed E-state index contributed by atoms with van der Waals surface area (Å²) in [6, 6.07) is 6.05. The minimum atomic E-state index is -3.74. The van der Waals surface area contributed by atoms with Gasteiger partial charge in [0, 0.05) is 12.6 Å². The maximum Gasteiger partial charge on any atom is 0.277 e. The smallest absolute Gasteiger partial charge is 0.277 e. The highest BCUT2D eigenvalue weighted by molar-refractivity contribution is 7.86. The van der Waals surface area contributed by atoms with Crippen molar-refractivity contribution in [2.24, 2.45) is 5.14 Å². The number of rotatable bonds is 3. The fourth-order valence-corrected chi connectivity index (χ4v) is 1.81. The third-order valence-electron chi connectivity index (χ3n) is 2.33. The van der Waals surface area contributed by atoms with Crippen molar-refractivity contribution in [1.29, 1.82) is 0 Å². The second-order valence-electron chi connectivity index (χ2n) is 3.30. The van der Waals surface area contributed by atoms with Crippen molar-refractivity contribution in [3.05, 3.63) is 29.8 Å². The molecule has 15 heavy (non-hydrogen) atoms. The predicted octanol–water partition coefficient (Wildman–Crippen LogP) is 0.589. The Morgan fingerprint density at radius 3 is 2.40 bits per heavy atom. The van der Waals surface area contributed by atoms with Crippen LogP contribution < -0.4 is 5.14 Å². The highest BCUT2D eigenvalue weighted by Gasteiger charge is 2.22. The highest BCUT2D eigenvalue weighted by Crippen LogP contribution is 2.27. The van der Waals surface area contributed by atoms with Crippen LogP contribution in [-0.4, -0.2) is 24.9 Å². The second-order valence-corrected chi connectivity index (χ2v) is 4.90. The minimum Gasteiger partial charge on any atom is -0.508 e. The highest BCUT2D eigenvalue weighted by atomic mass is 32.2. The minimum absolute atomic E-state index is 0.0560. The van der Waals surface area contributed by atoms with E-state index in [4.69, 9.17) is 5.14 Å². The molecule has 0 radical (unpaired) electrons.